The number of nitrogens with one attached hydrogen (secondary N) is 4. The van der Waals surface area contributed by atoms with E-state index in [4.69, 9.17) is 33.3 Å². The predicted molar refractivity (Wildman–Crippen MR) is 234 cm³/mol. The van der Waals surface area contributed by atoms with Gasteiger partial charge < -0.3 is 68.1 Å². The molecule has 0 radical (unpaired) electrons. The maximum Gasteiger partial charge on any atom is 0.481 e. The van der Waals surface area contributed by atoms with Crippen LogP contribution in [0.1, 0.15) is 80.2 Å². The molecule has 16 N–H and O–H groups in total. The molecule has 25 nitrogen and oxygen atoms in total. The number of unbranched alkanes of at least 4 members (excludes halogenated alkanes) is 2. The van der Waals surface area contributed by atoms with Gasteiger partial charge in [-0.15, -0.1) is 0 Å². The first-order valence-corrected chi connectivity index (χ1v) is 21.0. The van der Waals surface area contributed by atoms with Crippen molar-refractivity contribution in [1.82, 2.24) is 44.6 Å². The van der Waals surface area contributed by atoms with Crippen LogP contribution in [0.4, 0.5) is 0 Å². The van der Waals surface area contributed by atoms with Crippen molar-refractivity contribution in [2.24, 2.45) is 5.92 Å². The molecule has 66 heavy (non-hydrogen) atoms. The fourth-order valence-electron chi connectivity index (χ4n) is 5.97. The first-order chi connectivity index (χ1) is 29.9. The topological polar surface area (TPSA) is 421 Å². The van der Waals surface area contributed by atoms with Crippen molar-refractivity contribution >= 4 is 55.8 Å². The molecule has 0 spiro atoms. The lowest BCUT2D eigenvalue weighted by atomic mass is 9.90. The molecule has 1 unspecified atom stereocenters. The maximum atomic E-state index is 14.1. The molecule has 0 fully saturated rings. The maximum absolute atomic E-state index is 14.1. The minimum Gasteiger partial charge on any atom is -0.481 e. The lowest BCUT2D eigenvalue weighted by molar-refractivity contribution is -0.161. The summed E-state index contributed by atoms with van der Waals surface area (Å²) in [6.07, 6.45) is 1.77. The van der Waals surface area contributed by atoms with Crippen molar-refractivity contribution in [2.75, 3.05) is 20.4 Å². The zero-order chi connectivity index (χ0) is 46.7. The smallest absolute Gasteiger partial charge is 0.481 e. The molecule has 1 heterocycles. The van der Waals surface area contributed by atoms with E-state index >= 15 is 0 Å². The number of carbonyl (C=O) groups is 8. The van der Waals surface area contributed by atoms with E-state index in [1.807, 2.05) is 6.92 Å². The van der Waals surface area contributed by atoms with Crippen LogP contribution in [0.2, 0.25) is 0 Å². The molecule has 3 aromatic rings. The van der Waals surface area contributed by atoms with Crippen LogP contribution in [0.5, 0.6) is 11.5 Å². The number of esters is 1. The van der Waals surface area contributed by atoms with Gasteiger partial charge in [0.1, 0.15) is 29.3 Å². The summed E-state index contributed by atoms with van der Waals surface area (Å²) >= 11 is 0. The van der Waals surface area contributed by atoms with Crippen molar-refractivity contribution in [3.05, 3.63) is 72.0 Å². The van der Waals surface area contributed by atoms with Gasteiger partial charge in [0.15, 0.2) is 12.4 Å². The van der Waals surface area contributed by atoms with Gasteiger partial charge in [0.05, 0.1) is 37.7 Å². The van der Waals surface area contributed by atoms with Gasteiger partial charge in [0, 0.05) is 5.56 Å². The summed E-state index contributed by atoms with van der Waals surface area (Å²) in [5.41, 5.74) is -0.131. The zero-order valence-corrected chi connectivity index (χ0v) is 37.8. The third-order valence-electron chi connectivity index (χ3n) is 9.03. The van der Waals surface area contributed by atoms with Gasteiger partial charge in [-0.25, -0.2) is 19.2 Å². The van der Waals surface area contributed by atoms with E-state index in [2.05, 4.69) is 21.0 Å². The van der Waals surface area contributed by atoms with E-state index in [9.17, 15) is 48.0 Å². The Bertz CT molecular complexity index is 2140. The average molecular weight is 955 g/mol. The van der Waals surface area contributed by atoms with E-state index in [1.54, 1.807) is 25.1 Å². The van der Waals surface area contributed by atoms with Crippen molar-refractivity contribution in [1.29, 1.82) is 0 Å². The Morgan fingerprint density at radius 2 is 1.56 bits per heavy atom. The number of para-hydroxylation sites is 1. The second-order valence-electron chi connectivity index (χ2n) is 13.6. The first kappa shape index (κ1) is 59.1. The number of hydroxylamine groups is 2. The van der Waals surface area contributed by atoms with Gasteiger partial charge in [-0.1, -0.05) is 57.4 Å². The molecule has 1 aromatic heterocycles. The van der Waals surface area contributed by atoms with Gasteiger partial charge in [-0.2, -0.15) is 9.71 Å². The number of ether oxygens (including phenoxy) is 2. The van der Waals surface area contributed by atoms with Gasteiger partial charge in [0.2, 0.25) is 12.3 Å². The third kappa shape index (κ3) is 17.9. The molecule has 0 aliphatic carbocycles. The summed E-state index contributed by atoms with van der Waals surface area (Å²) in [5, 5.41) is 37.8. The average Bonchev–Trinajstić information content (AvgIpc) is 3.75. The standard InChI is InChI=1S/C40H50N5O17P.3H3N/c1-5-7-9-14-27(30(6-2)45(23-46)62-63(57,44-24(3)40(56)58-4)61-26-12-10-8-11-13-26)36(51)41-22-42-38(53)32-18-17-31(60-32)25-15-16-28(33(19-25)59-21-35(49)50)37(52)43-29(39(54)55)20-34(47)48;;;/h8,10-13,15-19,23-24,27,29-30H,5-7,9,14,20-22H2,1-4H3,(H,41,51)(H,42,53)(H,43,52)(H,44,57)(H,47,48)(H,49,50)(H,54,55);3*1H3/t24-,27+,29-,30+,63?;;;/m0.../s1. The van der Waals surface area contributed by atoms with Crippen molar-refractivity contribution < 1.29 is 81.3 Å². The number of carboxylic acids is 3. The number of furan rings is 1. The molecule has 5 atom stereocenters. The summed E-state index contributed by atoms with van der Waals surface area (Å²) in [4.78, 5) is 98.5. The van der Waals surface area contributed by atoms with Crippen molar-refractivity contribution in [3.63, 3.8) is 0 Å². The van der Waals surface area contributed by atoms with Crippen LogP contribution in [-0.4, -0.2) is 107 Å². The molecule has 0 bridgehead atoms. The number of aliphatic carboxylic acids is 3. The minimum atomic E-state index is -4.57. The highest BCUT2D eigenvalue weighted by atomic mass is 31.2. The normalized spacial score (nSPS) is 13.1. The van der Waals surface area contributed by atoms with Crippen LogP contribution >= 0.6 is 7.75 Å². The molecule has 26 heteroatoms. The second-order valence-corrected chi connectivity index (χ2v) is 15.2. The van der Waals surface area contributed by atoms with Crippen molar-refractivity contribution in [2.45, 2.75) is 77.4 Å². The quantitative estimate of drug-likeness (QED) is 0.0122. The second kappa shape index (κ2) is 28.8. The fourth-order valence-corrected chi connectivity index (χ4v) is 7.49. The Kier molecular flexibility index (Phi) is 25.8. The van der Waals surface area contributed by atoms with Crippen LogP contribution in [0, 0.1) is 5.92 Å². The van der Waals surface area contributed by atoms with Crippen LogP contribution in [-0.2, 0) is 42.7 Å². The largest absolute Gasteiger partial charge is 0.481 e. The molecule has 2 aromatic carbocycles. The van der Waals surface area contributed by atoms with Gasteiger partial charge in [0.25, 0.3) is 11.8 Å². The van der Waals surface area contributed by atoms with E-state index < -0.39 is 93.1 Å². The number of amides is 4. The number of carboxylic acid groups (broad SMARTS) is 3. The summed E-state index contributed by atoms with van der Waals surface area (Å²) in [6.45, 7) is 3.66. The van der Waals surface area contributed by atoms with Gasteiger partial charge in [-0.05, 0) is 56.2 Å². The first-order valence-electron chi connectivity index (χ1n) is 19.5. The minimum absolute atomic E-state index is 0. The highest BCUT2D eigenvalue weighted by Crippen LogP contribution is 2.46. The number of carbonyl (C=O) groups excluding carboxylic acids is 5. The number of hydrogen-bond acceptors (Lipinski definition) is 17. The van der Waals surface area contributed by atoms with E-state index in [0.29, 0.717) is 11.5 Å². The monoisotopic (exact) mass is 954 g/mol. The SMILES string of the molecule is CCCCC[C@@H](C(=O)NCNC(=O)c1ccc(-c2ccc(C(=O)N[C@@H](CC(=O)O)C(=O)O)c(OCC(=O)O)c2)o1)[C@@H](CC)N(C=O)OP(=O)(N[C@@H](C)C(=O)OC)Oc1ccccc1.N.N.N. The van der Waals surface area contributed by atoms with Gasteiger partial charge >= 0.3 is 31.6 Å². The molecule has 0 aliphatic rings. The third-order valence-corrected chi connectivity index (χ3v) is 10.6. The molecule has 0 saturated carbocycles. The van der Waals surface area contributed by atoms with Crippen LogP contribution < -0.4 is 48.7 Å². The molecule has 3 rings (SSSR count). The molecular weight excluding hydrogens is 895 g/mol. The zero-order valence-electron chi connectivity index (χ0n) is 36.9. The summed E-state index contributed by atoms with van der Waals surface area (Å²) < 4.78 is 41.1. The molecule has 0 saturated heterocycles. The Morgan fingerprint density at radius 3 is 2.14 bits per heavy atom. The Labute approximate surface area is 379 Å². The molecular formula is C40H59N8O17P. The number of benzene rings is 2. The number of nitrogens with zero attached hydrogens (tertiary/aromatic N) is 1. The summed E-state index contributed by atoms with van der Waals surface area (Å²) in [6, 6.07) is 10.2. The Balaban J connectivity index is 0.0000141. The predicted octanol–water partition coefficient (Wildman–Crippen LogP) is 4.06. The molecule has 366 valence electrons. The number of hydrogen-bond donors (Lipinski definition) is 10. The molecule has 0 aliphatic heterocycles. The Hall–Kier alpha value is -6.89. The summed E-state index contributed by atoms with van der Waals surface area (Å²) in [5.74, 6) is -9.16. The lowest BCUT2D eigenvalue weighted by Gasteiger charge is -2.34. The van der Waals surface area contributed by atoms with E-state index in [0.717, 1.165) is 26.0 Å². The number of methoxy groups -OCH3 is 1. The Morgan fingerprint density at radius 1 is 0.879 bits per heavy atom. The summed E-state index contributed by atoms with van der Waals surface area (Å²) in [7, 11) is -3.44. The van der Waals surface area contributed by atoms with Crippen LogP contribution in [0.25, 0.3) is 11.3 Å². The fraction of sp³-hybridized carbons (Fsp3) is 0.400. The lowest BCUT2D eigenvalue weighted by Crippen LogP contribution is -2.49. The van der Waals surface area contributed by atoms with Gasteiger partial charge in [-0.3, -0.25) is 28.8 Å². The molecule has 4 amide bonds. The highest BCUT2D eigenvalue weighted by Gasteiger charge is 2.40. The van der Waals surface area contributed by atoms with Crippen molar-refractivity contribution in [3.8, 4) is 22.8 Å². The van der Waals surface area contributed by atoms with E-state index in [-0.39, 0.29) is 71.8 Å². The highest BCUT2D eigenvalue weighted by molar-refractivity contribution is 7.52. The van der Waals surface area contributed by atoms with E-state index in [1.165, 1.54) is 43.3 Å². The van der Waals surface area contributed by atoms with Crippen LogP contribution in [0.3, 0.4) is 0 Å². The number of rotatable bonds is 28. The van der Waals surface area contributed by atoms with Crippen LogP contribution in [0.15, 0.2) is 65.1 Å².